The minimum Gasteiger partial charge on any atom is -0.258 e. The molecule has 23 heavy (non-hydrogen) atoms. The van der Waals surface area contributed by atoms with E-state index < -0.39 is 47.8 Å². The number of aromatic nitrogens is 2. The number of nitrogens with zero attached hydrogens (tertiary/aromatic N) is 7. The molecule has 0 saturated heterocycles. The highest BCUT2D eigenvalue weighted by atomic mass is 19.4. The molecule has 0 amide bonds. The minimum atomic E-state index is -4.71. The van der Waals surface area contributed by atoms with Crippen LogP contribution in [0.2, 0.25) is 0 Å². The lowest BCUT2D eigenvalue weighted by Crippen LogP contribution is -2.33. The number of hydrogen-bond acceptors (Lipinski definition) is 7. The second-order valence-corrected chi connectivity index (χ2v) is 4.72. The molecular weight excluding hydrogens is 333 g/mol. The van der Waals surface area contributed by atoms with E-state index in [1.54, 1.807) is 0 Å². The zero-order valence-corrected chi connectivity index (χ0v) is 11.1. The molecule has 0 N–H and O–H groups in total. The third-order valence-electron chi connectivity index (χ3n) is 2.93. The molecule has 0 radical (unpaired) electrons. The lowest BCUT2D eigenvalue weighted by molar-refractivity contribution is -0.385. The van der Waals surface area contributed by atoms with Crippen LogP contribution < -0.4 is 0 Å². The maximum Gasteiger partial charge on any atom is 0.393 e. The van der Waals surface area contributed by atoms with Gasteiger partial charge in [-0.1, -0.05) is 0 Å². The van der Waals surface area contributed by atoms with E-state index in [9.17, 15) is 32.1 Å². The summed E-state index contributed by atoms with van der Waals surface area (Å²) in [6.07, 6.45) is -7.17. The molecule has 0 atom stereocenters. The fraction of sp³-hybridized carbons (Fsp3) is 0.667. The summed E-state index contributed by atoms with van der Waals surface area (Å²) in [7, 11) is 0. The lowest BCUT2D eigenvalue weighted by Gasteiger charge is -2.24. The summed E-state index contributed by atoms with van der Waals surface area (Å²) in [5.74, 6) is 0. The zero-order chi connectivity index (χ0) is 17.3. The second-order valence-electron chi connectivity index (χ2n) is 4.72. The Hall–Kier alpha value is -2.54. The van der Waals surface area contributed by atoms with Crippen LogP contribution in [0.25, 0.3) is 0 Å². The average molecular weight is 341 g/mol. The van der Waals surface area contributed by atoms with Crippen molar-refractivity contribution in [3.05, 3.63) is 22.5 Å². The Morgan fingerprint density at radius 3 is 2.30 bits per heavy atom. The molecule has 0 bridgehead atoms. The maximum absolute atomic E-state index is 13.9. The Kier molecular flexibility index (Phi) is 4.08. The Bertz CT molecular complexity index is 641. The number of halogens is 5. The van der Waals surface area contributed by atoms with E-state index in [0.29, 0.717) is 12.4 Å². The molecule has 1 aliphatic rings. The van der Waals surface area contributed by atoms with Crippen LogP contribution in [0.3, 0.4) is 0 Å². The van der Waals surface area contributed by atoms with Gasteiger partial charge in [-0.2, -0.15) is 27.1 Å². The fourth-order valence-electron chi connectivity index (χ4n) is 1.86. The molecule has 0 aliphatic carbocycles. The van der Waals surface area contributed by atoms with Crippen LogP contribution in [0.1, 0.15) is 19.3 Å². The number of alkyl halides is 5. The summed E-state index contributed by atoms with van der Waals surface area (Å²) in [5.41, 5.74) is -2.92. The fourth-order valence-corrected chi connectivity index (χ4v) is 1.86. The van der Waals surface area contributed by atoms with Gasteiger partial charge < -0.3 is 0 Å². The monoisotopic (exact) mass is 341 g/mol. The zero-order valence-electron chi connectivity index (χ0n) is 11.1. The van der Waals surface area contributed by atoms with Crippen molar-refractivity contribution in [2.45, 2.75) is 37.1 Å². The second kappa shape index (κ2) is 5.58. The van der Waals surface area contributed by atoms with Crippen molar-refractivity contribution in [3.8, 4) is 0 Å². The Balaban J connectivity index is 2.11. The van der Waals surface area contributed by atoms with E-state index in [4.69, 9.17) is 0 Å². The summed E-state index contributed by atoms with van der Waals surface area (Å²) in [6, 6.07) is -3.76. The van der Waals surface area contributed by atoms with Crippen LogP contribution in [0, 0.1) is 10.1 Å². The van der Waals surface area contributed by atoms with Crippen molar-refractivity contribution in [3.63, 3.8) is 0 Å². The van der Waals surface area contributed by atoms with Gasteiger partial charge in [-0.15, -0.1) is 10.2 Å². The van der Waals surface area contributed by atoms with Crippen LogP contribution in [0.5, 0.6) is 0 Å². The molecule has 2 rings (SSSR count). The van der Waals surface area contributed by atoms with Crippen molar-refractivity contribution in [1.29, 1.82) is 0 Å². The molecule has 2 heterocycles. The quantitative estimate of drug-likeness (QED) is 0.448. The number of hydrogen-bond donors (Lipinski definition) is 0. The van der Waals surface area contributed by atoms with Gasteiger partial charge in [-0.3, -0.25) is 10.1 Å². The number of nitro groups is 1. The van der Waals surface area contributed by atoms with E-state index in [1.807, 2.05) is 0 Å². The normalized spacial score (nSPS) is 16.9. The largest absolute Gasteiger partial charge is 0.393 e. The van der Waals surface area contributed by atoms with Crippen LogP contribution in [-0.4, -0.2) is 26.5 Å². The van der Waals surface area contributed by atoms with E-state index in [-0.39, 0.29) is 4.68 Å². The van der Waals surface area contributed by atoms with Gasteiger partial charge in [0.15, 0.2) is 0 Å². The first-order valence-corrected chi connectivity index (χ1v) is 6.01. The van der Waals surface area contributed by atoms with Crippen molar-refractivity contribution < 1.29 is 26.9 Å². The average Bonchev–Trinajstić information content (AvgIpc) is 3.04. The Morgan fingerprint density at radius 1 is 1.22 bits per heavy atom. The standard InChI is InChI=1S/C9H8F5N7O2/c10-8(11,12)5-7(16-18-19-17-7)1-2-9(13,14)20-4-6(3-15-20)21(22)23/h3-4H,1-2,5H2. The van der Waals surface area contributed by atoms with Gasteiger partial charge in [0.25, 0.3) is 0 Å². The first kappa shape index (κ1) is 16.8. The predicted molar refractivity (Wildman–Crippen MR) is 61.4 cm³/mol. The lowest BCUT2D eigenvalue weighted by atomic mass is 10.0. The van der Waals surface area contributed by atoms with Gasteiger partial charge in [-0.25, -0.2) is 4.68 Å². The van der Waals surface area contributed by atoms with Gasteiger partial charge in [0.1, 0.15) is 12.4 Å². The smallest absolute Gasteiger partial charge is 0.258 e. The third kappa shape index (κ3) is 4.01. The Labute approximate surface area is 124 Å². The Morgan fingerprint density at radius 2 is 1.83 bits per heavy atom. The van der Waals surface area contributed by atoms with Crippen molar-refractivity contribution >= 4 is 5.69 Å². The summed E-state index contributed by atoms with van der Waals surface area (Å²) < 4.78 is 65.4. The van der Waals surface area contributed by atoms with Crippen molar-refractivity contribution in [1.82, 2.24) is 9.78 Å². The highest BCUT2D eigenvalue weighted by Crippen LogP contribution is 2.40. The molecule has 0 unspecified atom stereocenters. The van der Waals surface area contributed by atoms with E-state index in [1.165, 1.54) is 0 Å². The van der Waals surface area contributed by atoms with Crippen LogP contribution in [0.4, 0.5) is 27.6 Å². The molecule has 0 spiro atoms. The van der Waals surface area contributed by atoms with Crippen LogP contribution >= 0.6 is 0 Å². The topological polar surface area (TPSA) is 110 Å². The van der Waals surface area contributed by atoms with E-state index in [2.05, 4.69) is 25.8 Å². The van der Waals surface area contributed by atoms with Gasteiger partial charge in [0.05, 0.1) is 11.3 Å². The molecule has 14 heteroatoms. The molecule has 9 nitrogen and oxygen atoms in total. The SMILES string of the molecule is O=[N+]([O-])c1cnn(C(F)(F)CCC2(CC(F)(F)F)N=NN=N2)c1. The molecule has 1 aromatic heterocycles. The number of rotatable bonds is 6. The van der Waals surface area contributed by atoms with Gasteiger partial charge in [0, 0.05) is 12.8 Å². The molecule has 1 aromatic rings. The molecule has 0 aromatic carbocycles. The summed E-state index contributed by atoms with van der Waals surface area (Å²) >= 11 is 0. The third-order valence-corrected chi connectivity index (χ3v) is 2.93. The highest BCUT2D eigenvalue weighted by Gasteiger charge is 2.47. The minimum absolute atomic E-state index is 0.00958. The van der Waals surface area contributed by atoms with E-state index in [0.717, 1.165) is 0 Å². The summed E-state index contributed by atoms with van der Waals surface area (Å²) in [6.45, 7) is 0. The van der Waals surface area contributed by atoms with Crippen molar-refractivity contribution in [2.24, 2.45) is 20.7 Å². The van der Waals surface area contributed by atoms with Crippen LogP contribution in [0.15, 0.2) is 33.1 Å². The first-order chi connectivity index (χ1) is 10.5. The summed E-state index contributed by atoms with van der Waals surface area (Å²) in [4.78, 5) is 9.52. The van der Waals surface area contributed by atoms with Gasteiger partial charge in [0.2, 0.25) is 5.66 Å². The molecule has 0 fully saturated rings. The first-order valence-electron chi connectivity index (χ1n) is 6.01. The van der Waals surface area contributed by atoms with E-state index >= 15 is 0 Å². The molecule has 1 aliphatic heterocycles. The highest BCUT2D eigenvalue weighted by molar-refractivity contribution is 5.21. The molecule has 0 saturated carbocycles. The van der Waals surface area contributed by atoms with Crippen molar-refractivity contribution in [2.75, 3.05) is 0 Å². The maximum atomic E-state index is 13.9. The van der Waals surface area contributed by atoms with Gasteiger partial charge >= 0.3 is 17.9 Å². The molecule has 126 valence electrons. The van der Waals surface area contributed by atoms with Gasteiger partial charge in [-0.05, 0) is 10.4 Å². The van der Waals surface area contributed by atoms with Crippen LogP contribution in [-0.2, 0) is 6.05 Å². The predicted octanol–water partition coefficient (Wildman–Crippen LogP) is 3.60. The molecular formula is C9H8F5N7O2. The summed E-state index contributed by atoms with van der Waals surface area (Å²) in [5, 5.41) is 25.9.